The van der Waals surface area contributed by atoms with Crippen molar-refractivity contribution in [2.45, 2.75) is 6.42 Å². The van der Waals surface area contributed by atoms with E-state index in [1.165, 1.54) is 0 Å². The molecule has 1 amide bonds. The predicted octanol–water partition coefficient (Wildman–Crippen LogP) is 3.03. The second-order valence-electron chi connectivity index (χ2n) is 6.16. The van der Waals surface area contributed by atoms with E-state index in [1.807, 2.05) is 48.5 Å². The van der Waals surface area contributed by atoms with Gasteiger partial charge in [-0.05, 0) is 35.7 Å². The van der Waals surface area contributed by atoms with Gasteiger partial charge in [0.2, 0.25) is 0 Å². The van der Waals surface area contributed by atoms with E-state index >= 15 is 0 Å². The second-order valence-corrected chi connectivity index (χ2v) is 6.16. The third-order valence-electron chi connectivity index (χ3n) is 4.42. The van der Waals surface area contributed by atoms with Gasteiger partial charge in [-0.2, -0.15) is 0 Å². The number of aromatic amines is 1. The van der Waals surface area contributed by atoms with Gasteiger partial charge in [0.25, 0.3) is 11.5 Å². The van der Waals surface area contributed by atoms with Crippen LogP contribution in [0.5, 0.6) is 11.5 Å². The Morgan fingerprint density at radius 2 is 1.75 bits per heavy atom. The standard InChI is InChI=1S/C22H22N2O4/c1-27-18-9-8-15(14-19(18)28-2)10-12-23-21(25)20-17(11-13-24-22(20)26)16-6-4-3-5-7-16/h3-9,11,13-14H,10,12H2,1-2H3,(H,23,25)(H,24,26). The van der Waals surface area contributed by atoms with E-state index in [2.05, 4.69) is 10.3 Å². The smallest absolute Gasteiger partial charge is 0.261 e. The fraction of sp³-hybridized carbons (Fsp3) is 0.182. The van der Waals surface area contributed by atoms with Crippen LogP contribution in [0.2, 0.25) is 0 Å². The lowest BCUT2D eigenvalue weighted by atomic mass is 10.0. The molecule has 0 aliphatic heterocycles. The van der Waals surface area contributed by atoms with E-state index in [0.29, 0.717) is 30.0 Å². The second kappa shape index (κ2) is 8.90. The van der Waals surface area contributed by atoms with Crippen LogP contribution in [0, 0.1) is 0 Å². The molecule has 2 aromatic carbocycles. The average Bonchev–Trinajstić information content (AvgIpc) is 2.73. The van der Waals surface area contributed by atoms with Gasteiger partial charge >= 0.3 is 0 Å². The van der Waals surface area contributed by atoms with Crippen molar-refractivity contribution in [1.82, 2.24) is 10.3 Å². The van der Waals surface area contributed by atoms with Crippen molar-refractivity contribution >= 4 is 5.91 Å². The number of hydrogen-bond donors (Lipinski definition) is 2. The van der Waals surface area contributed by atoms with E-state index < -0.39 is 11.5 Å². The molecule has 6 nitrogen and oxygen atoms in total. The number of methoxy groups -OCH3 is 2. The molecule has 3 rings (SSSR count). The molecule has 0 aliphatic rings. The zero-order valence-corrected chi connectivity index (χ0v) is 15.8. The van der Waals surface area contributed by atoms with Crippen LogP contribution in [-0.2, 0) is 6.42 Å². The molecular formula is C22H22N2O4. The largest absolute Gasteiger partial charge is 0.493 e. The van der Waals surface area contributed by atoms with E-state index in [0.717, 1.165) is 11.1 Å². The van der Waals surface area contributed by atoms with Gasteiger partial charge in [0.15, 0.2) is 11.5 Å². The van der Waals surface area contributed by atoms with Crippen molar-refractivity contribution in [2.75, 3.05) is 20.8 Å². The van der Waals surface area contributed by atoms with Gasteiger partial charge in [-0.1, -0.05) is 36.4 Å². The van der Waals surface area contributed by atoms with Gasteiger partial charge in [0, 0.05) is 18.3 Å². The Labute approximate surface area is 163 Å². The molecule has 6 heteroatoms. The van der Waals surface area contributed by atoms with Crippen LogP contribution in [0.1, 0.15) is 15.9 Å². The summed E-state index contributed by atoms with van der Waals surface area (Å²) in [5, 5.41) is 2.83. The van der Waals surface area contributed by atoms with E-state index in [4.69, 9.17) is 9.47 Å². The van der Waals surface area contributed by atoms with Crippen LogP contribution >= 0.6 is 0 Å². The van der Waals surface area contributed by atoms with Gasteiger partial charge in [0.05, 0.1) is 14.2 Å². The number of rotatable bonds is 7. The molecule has 0 saturated heterocycles. The number of pyridine rings is 1. The first kappa shape index (κ1) is 19.2. The highest BCUT2D eigenvalue weighted by Gasteiger charge is 2.16. The monoisotopic (exact) mass is 378 g/mol. The summed E-state index contributed by atoms with van der Waals surface area (Å²) >= 11 is 0. The van der Waals surface area contributed by atoms with Crippen LogP contribution in [0.25, 0.3) is 11.1 Å². The first-order valence-corrected chi connectivity index (χ1v) is 8.90. The Bertz CT molecular complexity index is 1010. The Morgan fingerprint density at radius 3 is 2.46 bits per heavy atom. The third-order valence-corrected chi connectivity index (χ3v) is 4.42. The number of ether oxygens (including phenoxy) is 2. The van der Waals surface area contributed by atoms with Crippen LogP contribution in [0.4, 0.5) is 0 Å². The number of nitrogens with one attached hydrogen (secondary N) is 2. The molecule has 2 N–H and O–H groups in total. The highest BCUT2D eigenvalue weighted by Crippen LogP contribution is 2.27. The van der Waals surface area contributed by atoms with E-state index in [9.17, 15) is 9.59 Å². The van der Waals surface area contributed by atoms with Gasteiger partial charge in [-0.25, -0.2) is 0 Å². The molecule has 144 valence electrons. The van der Waals surface area contributed by atoms with E-state index in [1.54, 1.807) is 26.5 Å². The minimum Gasteiger partial charge on any atom is -0.493 e. The Hall–Kier alpha value is -3.54. The van der Waals surface area contributed by atoms with Crippen molar-refractivity contribution in [1.29, 1.82) is 0 Å². The molecule has 0 atom stereocenters. The van der Waals surface area contributed by atoms with Crippen molar-refractivity contribution in [3.8, 4) is 22.6 Å². The summed E-state index contributed by atoms with van der Waals surface area (Å²) < 4.78 is 10.5. The number of H-pyrrole nitrogens is 1. The maximum atomic E-state index is 12.7. The number of hydrogen-bond acceptors (Lipinski definition) is 4. The lowest BCUT2D eigenvalue weighted by molar-refractivity contribution is 0.0953. The summed E-state index contributed by atoms with van der Waals surface area (Å²) in [5.41, 5.74) is 2.11. The number of carbonyl (C=O) groups is 1. The van der Waals surface area contributed by atoms with Crippen LogP contribution in [0.15, 0.2) is 65.6 Å². The van der Waals surface area contributed by atoms with Crippen LogP contribution < -0.4 is 20.3 Å². The minimum absolute atomic E-state index is 0.112. The van der Waals surface area contributed by atoms with Gasteiger partial charge < -0.3 is 19.8 Å². The van der Waals surface area contributed by atoms with Crippen LogP contribution in [0.3, 0.4) is 0 Å². The highest BCUT2D eigenvalue weighted by atomic mass is 16.5. The number of benzene rings is 2. The van der Waals surface area contributed by atoms with Crippen molar-refractivity contribution in [3.63, 3.8) is 0 Å². The van der Waals surface area contributed by atoms with Gasteiger partial charge in [0.1, 0.15) is 5.56 Å². The summed E-state index contributed by atoms with van der Waals surface area (Å²) in [7, 11) is 3.16. The molecule has 0 unspecified atom stereocenters. The summed E-state index contributed by atoms with van der Waals surface area (Å²) in [4.78, 5) is 27.6. The van der Waals surface area contributed by atoms with Crippen molar-refractivity contribution < 1.29 is 14.3 Å². The third kappa shape index (κ3) is 4.23. The molecule has 0 spiro atoms. The number of carbonyl (C=O) groups excluding carboxylic acids is 1. The fourth-order valence-corrected chi connectivity index (χ4v) is 3.01. The van der Waals surface area contributed by atoms with Crippen molar-refractivity contribution in [3.05, 3.63) is 82.3 Å². The first-order chi connectivity index (χ1) is 13.6. The maximum absolute atomic E-state index is 12.7. The summed E-state index contributed by atoms with van der Waals surface area (Å²) in [6, 6.07) is 16.7. The number of amides is 1. The van der Waals surface area contributed by atoms with E-state index in [-0.39, 0.29) is 5.56 Å². The molecule has 0 bridgehead atoms. The highest BCUT2D eigenvalue weighted by molar-refractivity contribution is 6.00. The average molecular weight is 378 g/mol. The Kier molecular flexibility index (Phi) is 6.11. The molecular weight excluding hydrogens is 356 g/mol. The summed E-state index contributed by atoms with van der Waals surface area (Å²) in [5.74, 6) is 0.886. The molecule has 0 radical (unpaired) electrons. The van der Waals surface area contributed by atoms with Gasteiger partial charge in [-0.3, -0.25) is 9.59 Å². The molecule has 28 heavy (non-hydrogen) atoms. The Balaban J connectivity index is 1.74. The molecule has 0 fully saturated rings. The summed E-state index contributed by atoms with van der Waals surface area (Å²) in [6.07, 6.45) is 2.14. The summed E-state index contributed by atoms with van der Waals surface area (Å²) in [6.45, 7) is 0.386. The van der Waals surface area contributed by atoms with Gasteiger partial charge in [-0.15, -0.1) is 0 Å². The zero-order valence-electron chi connectivity index (χ0n) is 15.8. The molecule has 3 aromatic rings. The lowest BCUT2D eigenvalue weighted by Crippen LogP contribution is -2.31. The molecule has 1 aromatic heterocycles. The molecule has 0 aliphatic carbocycles. The molecule has 0 saturated carbocycles. The Morgan fingerprint density at radius 1 is 1.00 bits per heavy atom. The minimum atomic E-state index is -0.412. The first-order valence-electron chi connectivity index (χ1n) is 8.90. The quantitative estimate of drug-likeness (QED) is 0.662. The predicted molar refractivity (Wildman–Crippen MR) is 108 cm³/mol. The van der Waals surface area contributed by atoms with Crippen molar-refractivity contribution in [2.24, 2.45) is 0 Å². The fourth-order valence-electron chi connectivity index (χ4n) is 3.01. The van der Waals surface area contributed by atoms with Crippen LogP contribution in [-0.4, -0.2) is 31.7 Å². The number of aromatic nitrogens is 1. The SMILES string of the molecule is COc1ccc(CCNC(=O)c2c(-c3ccccc3)cc[nH]c2=O)cc1OC. The zero-order chi connectivity index (χ0) is 19.9. The lowest BCUT2D eigenvalue weighted by Gasteiger charge is -2.11. The maximum Gasteiger partial charge on any atom is 0.261 e. The topological polar surface area (TPSA) is 80.4 Å². The normalized spacial score (nSPS) is 10.4. The molecule has 1 heterocycles.